The predicted molar refractivity (Wildman–Crippen MR) is 161 cm³/mol. The second kappa shape index (κ2) is 11.6. The monoisotopic (exact) mass is 575 g/mol. The molecule has 42 heavy (non-hydrogen) atoms. The second-order valence-corrected chi connectivity index (χ2v) is 11.5. The van der Waals surface area contributed by atoms with Gasteiger partial charge in [0.2, 0.25) is 5.95 Å². The van der Waals surface area contributed by atoms with Gasteiger partial charge in [-0.1, -0.05) is 19.1 Å². The van der Waals surface area contributed by atoms with E-state index in [0.717, 1.165) is 85.4 Å². The van der Waals surface area contributed by atoms with Gasteiger partial charge in [-0.05, 0) is 32.9 Å². The van der Waals surface area contributed by atoms with Crippen LogP contribution in [0.25, 0.3) is 28.1 Å². The highest BCUT2D eigenvalue weighted by atomic mass is 16.5. The molecule has 1 aromatic carbocycles. The number of nitrogens with zero attached hydrogens (tertiary/aromatic N) is 9. The molecule has 2 aliphatic heterocycles. The molecule has 0 amide bonds. The number of fused-ring (bicyclic) bond motifs is 2. The van der Waals surface area contributed by atoms with Crippen molar-refractivity contribution < 1.29 is 14.3 Å². The van der Waals surface area contributed by atoms with Gasteiger partial charge < -0.3 is 18.9 Å². The minimum absolute atomic E-state index is 0.171. The quantitative estimate of drug-likeness (QED) is 0.291. The molecular formula is C30H41N9O3. The molecule has 12 heteroatoms. The summed E-state index contributed by atoms with van der Waals surface area (Å²) in [5.41, 5.74) is 2.89. The van der Waals surface area contributed by atoms with Crippen LogP contribution in [-0.2, 0) is 34.3 Å². The Hall–Kier alpha value is -3.61. The lowest BCUT2D eigenvalue weighted by atomic mass is 10.0. The summed E-state index contributed by atoms with van der Waals surface area (Å²) in [5.74, 6) is 3.14. The number of piperazine rings is 1. The van der Waals surface area contributed by atoms with Crippen molar-refractivity contribution in [3.05, 3.63) is 35.9 Å². The third-order valence-corrected chi connectivity index (χ3v) is 8.54. The average Bonchev–Trinajstić information content (AvgIpc) is 3.54. The Morgan fingerprint density at radius 2 is 1.69 bits per heavy atom. The van der Waals surface area contributed by atoms with E-state index >= 15 is 0 Å². The fourth-order valence-corrected chi connectivity index (χ4v) is 5.96. The zero-order chi connectivity index (χ0) is 29.4. The molecule has 4 aromatic rings. The SMILES string of the molecule is CCOC(=O)C(C)(C)N1CCN(Cc2nc3c(N4CCOCC4)nc(-n4c(CC)nc5ccccc54)nc3n2C)CC1. The Labute approximate surface area is 246 Å². The number of aryl methyl sites for hydroxylation is 2. The number of imidazole rings is 2. The molecule has 0 saturated carbocycles. The summed E-state index contributed by atoms with van der Waals surface area (Å²) in [6.45, 7) is 15.0. The van der Waals surface area contributed by atoms with Gasteiger partial charge in [-0.15, -0.1) is 0 Å². The number of anilines is 1. The Morgan fingerprint density at radius 1 is 0.952 bits per heavy atom. The summed E-state index contributed by atoms with van der Waals surface area (Å²) >= 11 is 0. The molecule has 0 atom stereocenters. The number of carbonyl (C=O) groups excluding carboxylic acids is 1. The fourth-order valence-electron chi connectivity index (χ4n) is 5.96. The largest absolute Gasteiger partial charge is 0.465 e. The standard InChI is InChI=1S/C30H41N9O3/c1-6-23-31-21-10-8-9-11-22(21)39(23)29-33-26-25(27(34-29)37-16-18-41-19-17-37)32-24(35(26)5)20-36-12-14-38(15-13-36)30(3,4)28(40)42-7-2/h8-11H,6-7,12-20H2,1-5H3. The van der Waals surface area contributed by atoms with Crippen molar-refractivity contribution in [2.75, 3.05) is 64.0 Å². The van der Waals surface area contributed by atoms with Crippen molar-refractivity contribution in [3.8, 4) is 5.95 Å². The van der Waals surface area contributed by atoms with Gasteiger partial charge >= 0.3 is 5.97 Å². The summed E-state index contributed by atoms with van der Waals surface area (Å²) in [7, 11) is 2.04. The van der Waals surface area contributed by atoms with Gasteiger partial charge in [0.25, 0.3) is 0 Å². The molecular weight excluding hydrogens is 534 g/mol. The highest BCUT2D eigenvalue weighted by Crippen LogP contribution is 2.29. The van der Waals surface area contributed by atoms with Crippen LogP contribution in [-0.4, -0.2) is 109 Å². The van der Waals surface area contributed by atoms with Crippen LogP contribution in [0.1, 0.15) is 39.3 Å². The molecule has 3 aromatic heterocycles. The Balaban J connectivity index is 1.34. The highest BCUT2D eigenvalue weighted by Gasteiger charge is 2.38. The van der Waals surface area contributed by atoms with Crippen LogP contribution in [0, 0.1) is 0 Å². The van der Waals surface area contributed by atoms with Crippen molar-refractivity contribution in [2.24, 2.45) is 7.05 Å². The predicted octanol–water partition coefficient (Wildman–Crippen LogP) is 2.56. The maximum atomic E-state index is 12.5. The molecule has 6 rings (SSSR count). The summed E-state index contributed by atoms with van der Waals surface area (Å²) in [5, 5.41) is 0. The van der Waals surface area contributed by atoms with Gasteiger partial charge in [-0.25, -0.2) is 9.97 Å². The smallest absolute Gasteiger partial charge is 0.325 e. The van der Waals surface area contributed by atoms with Crippen molar-refractivity contribution >= 4 is 34.0 Å². The molecule has 0 spiro atoms. The van der Waals surface area contributed by atoms with Crippen LogP contribution < -0.4 is 4.90 Å². The van der Waals surface area contributed by atoms with Gasteiger partial charge in [0, 0.05) is 52.7 Å². The lowest BCUT2D eigenvalue weighted by molar-refractivity contribution is -0.157. The van der Waals surface area contributed by atoms with Crippen LogP contribution in [0.3, 0.4) is 0 Å². The van der Waals surface area contributed by atoms with E-state index in [0.29, 0.717) is 32.3 Å². The number of esters is 1. The summed E-state index contributed by atoms with van der Waals surface area (Å²) in [6, 6.07) is 8.13. The van der Waals surface area contributed by atoms with Crippen molar-refractivity contribution in [3.63, 3.8) is 0 Å². The third-order valence-electron chi connectivity index (χ3n) is 8.54. The number of ether oxygens (including phenoxy) is 2. The molecule has 2 saturated heterocycles. The molecule has 0 bridgehead atoms. The van der Waals surface area contributed by atoms with Crippen molar-refractivity contribution in [2.45, 2.75) is 46.2 Å². The van der Waals surface area contributed by atoms with E-state index in [1.54, 1.807) is 0 Å². The van der Waals surface area contributed by atoms with E-state index < -0.39 is 5.54 Å². The van der Waals surface area contributed by atoms with Gasteiger partial charge in [0.1, 0.15) is 17.2 Å². The van der Waals surface area contributed by atoms with Gasteiger partial charge in [-0.3, -0.25) is 19.2 Å². The van der Waals surface area contributed by atoms with Gasteiger partial charge in [0.15, 0.2) is 17.0 Å². The van der Waals surface area contributed by atoms with Gasteiger partial charge in [0.05, 0.1) is 37.4 Å². The molecule has 2 aliphatic rings. The minimum Gasteiger partial charge on any atom is -0.465 e. The maximum absolute atomic E-state index is 12.5. The molecule has 2 fully saturated rings. The van der Waals surface area contributed by atoms with Crippen molar-refractivity contribution in [1.29, 1.82) is 0 Å². The summed E-state index contributed by atoms with van der Waals surface area (Å²) in [6.07, 6.45) is 0.762. The van der Waals surface area contributed by atoms with Crippen LogP contribution in [0.15, 0.2) is 24.3 Å². The number of para-hydroxylation sites is 2. The maximum Gasteiger partial charge on any atom is 0.325 e. The molecule has 224 valence electrons. The summed E-state index contributed by atoms with van der Waals surface area (Å²) in [4.78, 5) is 39.6. The van der Waals surface area contributed by atoms with E-state index in [2.05, 4.69) is 36.8 Å². The number of hydrogen-bond acceptors (Lipinski definition) is 10. The first-order chi connectivity index (χ1) is 20.3. The minimum atomic E-state index is -0.645. The van der Waals surface area contributed by atoms with E-state index in [-0.39, 0.29) is 5.97 Å². The van der Waals surface area contributed by atoms with Crippen LogP contribution in [0.2, 0.25) is 0 Å². The van der Waals surface area contributed by atoms with Gasteiger partial charge in [-0.2, -0.15) is 9.97 Å². The lowest BCUT2D eigenvalue weighted by Crippen LogP contribution is -2.58. The van der Waals surface area contributed by atoms with E-state index in [4.69, 9.17) is 29.4 Å². The Bertz CT molecular complexity index is 1580. The second-order valence-electron chi connectivity index (χ2n) is 11.5. The Morgan fingerprint density at radius 3 is 2.40 bits per heavy atom. The highest BCUT2D eigenvalue weighted by molar-refractivity contribution is 5.86. The Kier molecular flexibility index (Phi) is 7.86. The third kappa shape index (κ3) is 5.12. The molecule has 5 heterocycles. The number of hydrogen-bond donors (Lipinski definition) is 0. The van der Waals surface area contributed by atoms with Crippen LogP contribution >= 0.6 is 0 Å². The van der Waals surface area contributed by atoms with Crippen LogP contribution in [0.4, 0.5) is 5.82 Å². The number of carbonyl (C=O) groups is 1. The van der Waals surface area contributed by atoms with E-state index in [1.165, 1.54) is 0 Å². The number of aromatic nitrogens is 6. The molecule has 0 aliphatic carbocycles. The zero-order valence-electron chi connectivity index (χ0n) is 25.3. The number of morpholine rings is 1. The van der Waals surface area contributed by atoms with E-state index in [9.17, 15) is 4.79 Å². The normalized spacial score (nSPS) is 17.4. The molecule has 0 unspecified atom stereocenters. The molecule has 0 radical (unpaired) electrons. The first-order valence-corrected chi connectivity index (χ1v) is 15.0. The molecule has 0 N–H and O–H groups in total. The first kappa shape index (κ1) is 28.5. The van der Waals surface area contributed by atoms with Crippen molar-refractivity contribution in [1.82, 2.24) is 38.9 Å². The fraction of sp³-hybridized carbons (Fsp3) is 0.567. The van der Waals surface area contributed by atoms with E-state index in [1.807, 2.05) is 46.0 Å². The summed E-state index contributed by atoms with van der Waals surface area (Å²) < 4.78 is 15.2. The average molecular weight is 576 g/mol. The first-order valence-electron chi connectivity index (χ1n) is 15.0. The topological polar surface area (TPSA) is 107 Å². The molecule has 12 nitrogen and oxygen atoms in total. The zero-order valence-corrected chi connectivity index (χ0v) is 25.3. The lowest BCUT2D eigenvalue weighted by Gasteiger charge is -2.42. The number of benzene rings is 1. The van der Waals surface area contributed by atoms with Crippen LogP contribution in [0.5, 0.6) is 0 Å². The number of rotatable bonds is 8.